The van der Waals surface area contributed by atoms with Crippen LogP contribution in [0.2, 0.25) is 0 Å². The normalized spacial score (nSPS) is 14.5. The number of urea groups is 1. The summed E-state index contributed by atoms with van der Waals surface area (Å²) >= 11 is 0. The van der Waals surface area contributed by atoms with E-state index in [1.54, 1.807) is 11.8 Å². The minimum absolute atomic E-state index is 0.0129. The zero-order valence-corrected chi connectivity index (χ0v) is 16.4. The summed E-state index contributed by atoms with van der Waals surface area (Å²) in [5.74, 6) is -0.409. The fraction of sp³-hybridized carbons (Fsp3) is 0.600. The molecule has 0 bridgehead atoms. The van der Waals surface area contributed by atoms with E-state index in [-0.39, 0.29) is 18.6 Å². The molecule has 0 radical (unpaired) electrons. The van der Waals surface area contributed by atoms with Crippen molar-refractivity contribution in [1.82, 2.24) is 10.2 Å². The first-order valence-electron chi connectivity index (χ1n) is 9.25. The van der Waals surface area contributed by atoms with Gasteiger partial charge in [-0.2, -0.15) is 0 Å². The van der Waals surface area contributed by atoms with Gasteiger partial charge in [0.1, 0.15) is 5.54 Å². The number of benzene rings is 1. The van der Waals surface area contributed by atoms with Gasteiger partial charge in [-0.3, -0.25) is 4.79 Å². The number of aliphatic hydroxyl groups excluding tert-OH is 1. The van der Waals surface area contributed by atoms with Gasteiger partial charge < -0.3 is 21.1 Å². The first kappa shape index (κ1) is 22.0. The van der Waals surface area contributed by atoms with E-state index in [4.69, 9.17) is 10.8 Å². The maximum Gasteiger partial charge on any atom is 0.318 e. The molecule has 0 fully saturated rings. The monoisotopic (exact) mass is 363 g/mol. The number of nitrogens with two attached hydrogens (primary N) is 1. The summed E-state index contributed by atoms with van der Waals surface area (Å²) in [5.41, 5.74) is 5.38. The Hall–Kier alpha value is -2.08. The Labute approximate surface area is 156 Å². The van der Waals surface area contributed by atoms with E-state index >= 15 is 0 Å². The first-order chi connectivity index (χ1) is 12.2. The predicted molar refractivity (Wildman–Crippen MR) is 104 cm³/mol. The highest BCUT2D eigenvalue weighted by Gasteiger charge is 2.40. The third-order valence-corrected chi connectivity index (χ3v) is 4.89. The van der Waals surface area contributed by atoms with Gasteiger partial charge in [-0.05, 0) is 31.2 Å². The topological polar surface area (TPSA) is 95.7 Å². The van der Waals surface area contributed by atoms with E-state index in [9.17, 15) is 9.59 Å². The van der Waals surface area contributed by atoms with Gasteiger partial charge in [0.2, 0.25) is 5.91 Å². The van der Waals surface area contributed by atoms with Crippen LogP contribution in [0.1, 0.15) is 52.0 Å². The van der Waals surface area contributed by atoms with Crippen LogP contribution in [0.25, 0.3) is 0 Å². The molecule has 0 aromatic heterocycles. The van der Waals surface area contributed by atoms with Crippen molar-refractivity contribution >= 4 is 11.9 Å². The number of carbonyl (C=O) groups is 2. The van der Waals surface area contributed by atoms with Crippen molar-refractivity contribution in [2.45, 2.75) is 52.0 Å². The molecule has 4 N–H and O–H groups in total. The molecule has 6 heteroatoms. The largest absolute Gasteiger partial charge is 0.396 e. The van der Waals surface area contributed by atoms with Crippen molar-refractivity contribution < 1.29 is 14.7 Å². The molecule has 146 valence electrons. The number of hydrogen-bond donors (Lipinski definition) is 3. The van der Waals surface area contributed by atoms with Crippen molar-refractivity contribution in [3.8, 4) is 0 Å². The highest BCUT2D eigenvalue weighted by Crippen LogP contribution is 2.28. The zero-order valence-electron chi connectivity index (χ0n) is 16.4. The lowest BCUT2D eigenvalue weighted by atomic mass is 9.81. The molecule has 1 aromatic rings. The highest BCUT2D eigenvalue weighted by molar-refractivity contribution is 5.90. The molecule has 1 rings (SSSR count). The summed E-state index contributed by atoms with van der Waals surface area (Å²) in [7, 11) is 0. The molecule has 0 aliphatic rings. The number of carbonyl (C=O) groups excluding carboxylic acids is 2. The molecule has 26 heavy (non-hydrogen) atoms. The Morgan fingerprint density at radius 3 is 2.31 bits per heavy atom. The molecule has 0 aliphatic heterocycles. The van der Waals surface area contributed by atoms with E-state index in [2.05, 4.69) is 19.2 Å². The van der Waals surface area contributed by atoms with Crippen LogP contribution in [0, 0.1) is 5.92 Å². The van der Waals surface area contributed by atoms with Crippen LogP contribution in [0.5, 0.6) is 0 Å². The lowest BCUT2D eigenvalue weighted by molar-refractivity contribution is -0.124. The SMILES string of the molecule is CC(C)CCN(CCCO)C(=O)NC(C)(C(N)=O)C(C)c1ccccc1. The number of hydrogen-bond acceptors (Lipinski definition) is 3. The third-order valence-electron chi connectivity index (χ3n) is 4.89. The number of primary amides is 1. The summed E-state index contributed by atoms with van der Waals surface area (Å²) in [5, 5.41) is 12.0. The van der Waals surface area contributed by atoms with Gasteiger partial charge in [-0.15, -0.1) is 0 Å². The predicted octanol–water partition coefficient (Wildman–Crippen LogP) is 2.47. The second kappa shape index (κ2) is 10.2. The van der Waals surface area contributed by atoms with Gasteiger partial charge in [0, 0.05) is 25.6 Å². The Morgan fingerprint density at radius 2 is 1.81 bits per heavy atom. The van der Waals surface area contributed by atoms with Gasteiger partial charge in [0.25, 0.3) is 0 Å². The van der Waals surface area contributed by atoms with Crippen LogP contribution in [0.15, 0.2) is 30.3 Å². The zero-order chi connectivity index (χ0) is 19.7. The molecule has 0 saturated carbocycles. The molecule has 0 heterocycles. The maximum atomic E-state index is 12.8. The summed E-state index contributed by atoms with van der Waals surface area (Å²) in [6.07, 6.45) is 1.34. The average Bonchev–Trinajstić information content (AvgIpc) is 2.61. The van der Waals surface area contributed by atoms with Gasteiger partial charge >= 0.3 is 6.03 Å². The van der Waals surface area contributed by atoms with Crippen molar-refractivity contribution in [2.24, 2.45) is 11.7 Å². The highest BCUT2D eigenvalue weighted by atomic mass is 16.3. The number of rotatable bonds is 10. The molecule has 0 saturated heterocycles. The number of aliphatic hydroxyl groups is 1. The summed E-state index contributed by atoms with van der Waals surface area (Å²) in [4.78, 5) is 26.7. The van der Waals surface area contributed by atoms with Crippen molar-refractivity contribution in [2.75, 3.05) is 19.7 Å². The van der Waals surface area contributed by atoms with E-state index in [0.717, 1.165) is 12.0 Å². The summed E-state index contributed by atoms with van der Waals surface area (Å²) in [6, 6.07) is 9.19. The molecule has 1 aromatic carbocycles. The lowest BCUT2D eigenvalue weighted by Crippen LogP contribution is -2.61. The molecule has 3 amide bonds. The number of amides is 3. The molecule has 2 unspecified atom stereocenters. The molecular formula is C20H33N3O3. The Bertz CT molecular complexity index is 577. The lowest BCUT2D eigenvalue weighted by Gasteiger charge is -2.36. The number of nitrogens with one attached hydrogen (secondary N) is 1. The Kier molecular flexibility index (Phi) is 8.58. The van der Waals surface area contributed by atoms with E-state index in [0.29, 0.717) is 25.4 Å². The van der Waals surface area contributed by atoms with Crippen LogP contribution >= 0.6 is 0 Å². The molecule has 0 spiro atoms. The van der Waals surface area contributed by atoms with Crippen LogP contribution in [0.3, 0.4) is 0 Å². The Balaban J connectivity index is 2.97. The minimum Gasteiger partial charge on any atom is -0.396 e. The quantitative estimate of drug-likeness (QED) is 0.596. The van der Waals surface area contributed by atoms with Gasteiger partial charge in [0.05, 0.1) is 0 Å². The second-order valence-electron chi connectivity index (χ2n) is 7.38. The van der Waals surface area contributed by atoms with E-state index in [1.807, 2.05) is 37.3 Å². The average molecular weight is 364 g/mol. The van der Waals surface area contributed by atoms with Gasteiger partial charge in [-0.25, -0.2) is 4.79 Å². The molecular weight excluding hydrogens is 330 g/mol. The van der Waals surface area contributed by atoms with Crippen LogP contribution in [-0.4, -0.2) is 47.2 Å². The fourth-order valence-electron chi connectivity index (χ4n) is 2.75. The molecule has 6 nitrogen and oxygen atoms in total. The Morgan fingerprint density at radius 1 is 1.19 bits per heavy atom. The van der Waals surface area contributed by atoms with Gasteiger partial charge in [0.15, 0.2) is 0 Å². The summed E-state index contributed by atoms with van der Waals surface area (Å²) in [6.45, 7) is 8.74. The minimum atomic E-state index is -1.21. The standard InChI is InChI=1S/C20H33N3O3/c1-15(2)11-13-23(12-8-14-24)19(26)22-20(4,18(21)25)16(3)17-9-6-5-7-10-17/h5-7,9-10,15-16,24H,8,11-14H2,1-4H3,(H2,21,25)(H,22,26). The fourth-order valence-corrected chi connectivity index (χ4v) is 2.75. The van der Waals surface area contributed by atoms with Crippen LogP contribution < -0.4 is 11.1 Å². The van der Waals surface area contributed by atoms with Crippen molar-refractivity contribution in [3.05, 3.63) is 35.9 Å². The van der Waals surface area contributed by atoms with Crippen LogP contribution in [0.4, 0.5) is 4.79 Å². The third kappa shape index (κ3) is 6.02. The van der Waals surface area contributed by atoms with Crippen molar-refractivity contribution in [1.29, 1.82) is 0 Å². The van der Waals surface area contributed by atoms with E-state index < -0.39 is 11.4 Å². The summed E-state index contributed by atoms with van der Waals surface area (Å²) < 4.78 is 0. The van der Waals surface area contributed by atoms with E-state index in [1.165, 1.54) is 0 Å². The van der Waals surface area contributed by atoms with Gasteiger partial charge in [-0.1, -0.05) is 51.1 Å². The molecule has 2 atom stereocenters. The smallest absolute Gasteiger partial charge is 0.318 e. The first-order valence-corrected chi connectivity index (χ1v) is 9.25. The number of nitrogens with zero attached hydrogens (tertiary/aromatic N) is 1. The maximum absolute atomic E-state index is 12.8. The molecule has 0 aliphatic carbocycles. The van der Waals surface area contributed by atoms with Crippen molar-refractivity contribution in [3.63, 3.8) is 0 Å². The van der Waals surface area contributed by atoms with Crippen LogP contribution in [-0.2, 0) is 4.79 Å². The second-order valence-corrected chi connectivity index (χ2v) is 7.38.